The Hall–Kier alpha value is -1.98. The van der Waals surface area contributed by atoms with Gasteiger partial charge in [-0.05, 0) is 43.4 Å². The number of hydrogen-bond donors (Lipinski definition) is 1. The summed E-state index contributed by atoms with van der Waals surface area (Å²) >= 11 is 0. The Labute approximate surface area is 127 Å². The number of likely N-dealkylation sites (tertiary alicyclic amines) is 1. The third-order valence-corrected chi connectivity index (χ3v) is 3.96. The summed E-state index contributed by atoms with van der Waals surface area (Å²) in [6.45, 7) is 0.854. The Bertz CT molecular complexity index is 562. The van der Waals surface area contributed by atoms with Crippen LogP contribution in [0.4, 0.5) is 8.78 Å². The van der Waals surface area contributed by atoms with Gasteiger partial charge in [-0.2, -0.15) is 0 Å². The number of halogens is 2. The molecule has 120 valence electrons. The average Bonchev–Trinajstić information content (AvgIpc) is 2.51. The van der Waals surface area contributed by atoms with E-state index in [4.69, 9.17) is 5.11 Å². The zero-order valence-electron chi connectivity index (χ0n) is 12.2. The van der Waals surface area contributed by atoms with E-state index in [2.05, 4.69) is 0 Å². The fraction of sp³-hybridized carbons (Fsp3) is 0.500. The van der Waals surface area contributed by atoms with E-state index in [-0.39, 0.29) is 18.9 Å². The minimum Gasteiger partial charge on any atom is -0.481 e. The monoisotopic (exact) mass is 311 g/mol. The molecule has 1 aromatic rings. The van der Waals surface area contributed by atoms with Crippen molar-refractivity contribution in [3.05, 3.63) is 35.4 Å². The van der Waals surface area contributed by atoms with Crippen LogP contribution in [0.25, 0.3) is 0 Å². The molecule has 1 aromatic carbocycles. The fourth-order valence-electron chi connectivity index (χ4n) is 2.70. The number of piperidine rings is 1. The number of hydrogen-bond acceptors (Lipinski definition) is 2. The van der Waals surface area contributed by atoms with Gasteiger partial charge in [-0.3, -0.25) is 9.59 Å². The minimum absolute atomic E-state index is 0.0754. The highest BCUT2D eigenvalue weighted by Gasteiger charge is 2.27. The van der Waals surface area contributed by atoms with Crippen LogP contribution in [-0.2, 0) is 16.0 Å². The molecule has 0 radical (unpaired) electrons. The predicted molar refractivity (Wildman–Crippen MR) is 76.2 cm³/mol. The molecule has 22 heavy (non-hydrogen) atoms. The molecule has 1 amide bonds. The Kier molecular flexibility index (Phi) is 5.46. The van der Waals surface area contributed by atoms with Crippen LogP contribution < -0.4 is 0 Å². The van der Waals surface area contributed by atoms with E-state index in [0.717, 1.165) is 12.1 Å². The van der Waals surface area contributed by atoms with Crippen molar-refractivity contribution in [3.8, 4) is 0 Å². The second kappa shape index (κ2) is 7.33. The van der Waals surface area contributed by atoms with Gasteiger partial charge >= 0.3 is 5.97 Å². The quantitative estimate of drug-likeness (QED) is 0.909. The summed E-state index contributed by atoms with van der Waals surface area (Å²) in [7, 11) is 0. The molecule has 1 saturated heterocycles. The van der Waals surface area contributed by atoms with E-state index >= 15 is 0 Å². The normalized spacial score (nSPS) is 18.3. The van der Waals surface area contributed by atoms with Crippen molar-refractivity contribution in [2.45, 2.75) is 32.1 Å². The zero-order valence-corrected chi connectivity index (χ0v) is 12.2. The topological polar surface area (TPSA) is 57.6 Å². The summed E-state index contributed by atoms with van der Waals surface area (Å²) in [4.78, 5) is 24.6. The summed E-state index contributed by atoms with van der Waals surface area (Å²) in [6.07, 6.45) is 2.60. The Balaban J connectivity index is 1.79. The number of amides is 1. The number of aryl methyl sites for hydroxylation is 1. The molecule has 4 nitrogen and oxygen atoms in total. The van der Waals surface area contributed by atoms with Crippen LogP contribution in [0.1, 0.15) is 31.2 Å². The van der Waals surface area contributed by atoms with Gasteiger partial charge in [-0.15, -0.1) is 0 Å². The number of rotatable bonds is 5. The van der Waals surface area contributed by atoms with Crippen molar-refractivity contribution >= 4 is 11.9 Å². The molecule has 1 aliphatic rings. The smallest absolute Gasteiger partial charge is 0.308 e. The highest BCUT2D eigenvalue weighted by atomic mass is 19.2. The number of carbonyl (C=O) groups is 2. The lowest BCUT2D eigenvalue weighted by Gasteiger charge is -2.30. The lowest BCUT2D eigenvalue weighted by Crippen LogP contribution is -2.42. The van der Waals surface area contributed by atoms with Crippen LogP contribution in [-0.4, -0.2) is 35.0 Å². The van der Waals surface area contributed by atoms with E-state index < -0.39 is 23.5 Å². The van der Waals surface area contributed by atoms with Gasteiger partial charge in [0.1, 0.15) is 0 Å². The van der Waals surface area contributed by atoms with E-state index in [0.29, 0.717) is 37.8 Å². The summed E-state index contributed by atoms with van der Waals surface area (Å²) in [5.41, 5.74) is 0.647. The van der Waals surface area contributed by atoms with Gasteiger partial charge in [-0.25, -0.2) is 8.78 Å². The van der Waals surface area contributed by atoms with Crippen LogP contribution in [0.2, 0.25) is 0 Å². The number of carboxylic acids is 1. The molecule has 0 spiro atoms. The third kappa shape index (κ3) is 4.26. The summed E-state index contributed by atoms with van der Waals surface area (Å²) < 4.78 is 25.9. The van der Waals surface area contributed by atoms with E-state index in [1.807, 2.05) is 0 Å². The molecule has 1 fully saturated rings. The van der Waals surface area contributed by atoms with Crippen LogP contribution in [0.5, 0.6) is 0 Å². The number of aliphatic carboxylic acids is 1. The number of benzene rings is 1. The van der Waals surface area contributed by atoms with E-state index in [1.54, 1.807) is 4.90 Å². The van der Waals surface area contributed by atoms with Gasteiger partial charge < -0.3 is 10.0 Å². The number of nitrogens with zero attached hydrogens (tertiary/aromatic N) is 1. The first kappa shape index (κ1) is 16.4. The minimum atomic E-state index is -0.885. The van der Waals surface area contributed by atoms with Gasteiger partial charge in [0.2, 0.25) is 5.91 Å². The van der Waals surface area contributed by atoms with Crippen LogP contribution in [0.3, 0.4) is 0 Å². The van der Waals surface area contributed by atoms with E-state index in [9.17, 15) is 18.4 Å². The molecule has 0 aromatic heterocycles. The molecule has 2 rings (SSSR count). The third-order valence-electron chi connectivity index (χ3n) is 3.96. The summed E-state index contributed by atoms with van der Waals surface area (Å²) in [5, 5.41) is 9.01. The van der Waals surface area contributed by atoms with Crippen LogP contribution >= 0.6 is 0 Å². The lowest BCUT2D eigenvalue weighted by atomic mass is 9.97. The average molecular weight is 311 g/mol. The SMILES string of the molecule is O=C(O)C1CCCN(C(=O)CCCc2ccc(F)c(F)c2)C1. The predicted octanol–water partition coefficient (Wildman–Crippen LogP) is 2.61. The molecule has 0 saturated carbocycles. The molecule has 0 bridgehead atoms. The Morgan fingerprint density at radius 2 is 2.05 bits per heavy atom. The second-order valence-electron chi connectivity index (χ2n) is 5.62. The van der Waals surface area contributed by atoms with Crippen LogP contribution in [0.15, 0.2) is 18.2 Å². The highest BCUT2D eigenvalue weighted by molar-refractivity contribution is 5.78. The van der Waals surface area contributed by atoms with Crippen molar-refractivity contribution < 1.29 is 23.5 Å². The van der Waals surface area contributed by atoms with Crippen molar-refractivity contribution in [1.29, 1.82) is 0 Å². The van der Waals surface area contributed by atoms with Gasteiger partial charge in [0, 0.05) is 19.5 Å². The maximum absolute atomic E-state index is 13.1. The first-order chi connectivity index (χ1) is 10.5. The van der Waals surface area contributed by atoms with Gasteiger partial charge in [-0.1, -0.05) is 6.07 Å². The van der Waals surface area contributed by atoms with E-state index in [1.165, 1.54) is 6.07 Å². The lowest BCUT2D eigenvalue weighted by molar-refractivity contribution is -0.145. The second-order valence-corrected chi connectivity index (χ2v) is 5.62. The first-order valence-corrected chi connectivity index (χ1v) is 7.42. The van der Waals surface area contributed by atoms with Crippen molar-refractivity contribution in [2.75, 3.05) is 13.1 Å². The molecule has 1 aliphatic heterocycles. The van der Waals surface area contributed by atoms with Gasteiger partial charge in [0.15, 0.2) is 11.6 Å². The summed E-state index contributed by atoms with van der Waals surface area (Å²) in [5.74, 6) is -3.19. The maximum Gasteiger partial charge on any atom is 0.308 e. The Morgan fingerprint density at radius 3 is 2.73 bits per heavy atom. The molecule has 1 unspecified atom stereocenters. The fourth-order valence-corrected chi connectivity index (χ4v) is 2.70. The van der Waals surface area contributed by atoms with Crippen molar-refractivity contribution in [2.24, 2.45) is 5.92 Å². The first-order valence-electron chi connectivity index (χ1n) is 7.42. The molecule has 1 heterocycles. The van der Waals surface area contributed by atoms with Crippen molar-refractivity contribution in [3.63, 3.8) is 0 Å². The molecule has 6 heteroatoms. The largest absolute Gasteiger partial charge is 0.481 e. The molecule has 1 atom stereocenters. The maximum atomic E-state index is 13.1. The molecule has 0 aliphatic carbocycles. The highest BCUT2D eigenvalue weighted by Crippen LogP contribution is 2.18. The molecular formula is C16H19F2NO3. The number of carbonyl (C=O) groups excluding carboxylic acids is 1. The Morgan fingerprint density at radius 1 is 1.27 bits per heavy atom. The summed E-state index contributed by atoms with van der Waals surface area (Å²) in [6, 6.07) is 3.72. The molecular weight excluding hydrogens is 292 g/mol. The zero-order chi connectivity index (χ0) is 16.1. The van der Waals surface area contributed by atoms with Gasteiger partial charge in [0.25, 0.3) is 0 Å². The standard InChI is InChI=1S/C16H19F2NO3/c17-13-7-6-11(9-14(13)18)3-1-5-15(20)19-8-2-4-12(10-19)16(21)22/h6-7,9,12H,1-5,8,10H2,(H,21,22). The van der Waals surface area contributed by atoms with Crippen molar-refractivity contribution in [1.82, 2.24) is 4.90 Å². The van der Waals surface area contributed by atoms with Crippen LogP contribution in [0, 0.1) is 17.6 Å². The van der Waals surface area contributed by atoms with Gasteiger partial charge in [0.05, 0.1) is 5.92 Å². The number of carboxylic acid groups (broad SMARTS) is 1. The molecule has 1 N–H and O–H groups in total.